The van der Waals surface area contributed by atoms with Crippen molar-refractivity contribution in [2.45, 2.75) is 71.0 Å². The van der Waals surface area contributed by atoms with Gasteiger partial charge in [0.2, 0.25) is 11.8 Å². The van der Waals surface area contributed by atoms with Crippen LogP contribution in [0, 0.1) is 6.92 Å². The molecular formula is C25H30Cl2N2O2. The van der Waals surface area contributed by atoms with Crippen molar-refractivity contribution in [1.82, 2.24) is 10.2 Å². The Morgan fingerprint density at radius 3 is 2.52 bits per heavy atom. The molecule has 31 heavy (non-hydrogen) atoms. The van der Waals surface area contributed by atoms with E-state index in [1.165, 1.54) is 6.42 Å². The Bertz CT molecular complexity index is 925. The first-order chi connectivity index (χ1) is 14.8. The highest BCUT2D eigenvalue weighted by Gasteiger charge is 2.28. The summed E-state index contributed by atoms with van der Waals surface area (Å²) in [5, 5.41) is 4.14. The summed E-state index contributed by atoms with van der Waals surface area (Å²) in [4.78, 5) is 28.0. The van der Waals surface area contributed by atoms with Gasteiger partial charge in [0.05, 0.1) is 6.42 Å². The summed E-state index contributed by atoms with van der Waals surface area (Å²) < 4.78 is 0. The molecule has 6 heteroatoms. The monoisotopic (exact) mass is 460 g/mol. The first kappa shape index (κ1) is 23.6. The fourth-order valence-electron chi connectivity index (χ4n) is 4.09. The molecule has 2 aromatic rings. The summed E-state index contributed by atoms with van der Waals surface area (Å²) in [6.07, 6.45) is 5.63. The molecule has 4 nitrogen and oxygen atoms in total. The predicted molar refractivity (Wildman–Crippen MR) is 126 cm³/mol. The van der Waals surface area contributed by atoms with Crippen molar-refractivity contribution < 1.29 is 9.59 Å². The molecule has 0 bridgehead atoms. The number of benzene rings is 2. The minimum absolute atomic E-state index is 0.102. The number of hydrogen-bond acceptors (Lipinski definition) is 2. The highest BCUT2D eigenvalue weighted by atomic mass is 35.5. The molecule has 0 unspecified atom stereocenters. The Labute approximate surface area is 194 Å². The largest absolute Gasteiger partial charge is 0.352 e. The molecule has 1 aliphatic rings. The molecule has 0 spiro atoms. The number of nitrogens with zero attached hydrogens (tertiary/aromatic N) is 1. The average Bonchev–Trinajstić information content (AvgIpc) is 2.74. The number of nitrogens with one attached hydrogen (secondary N) is 1. The van der Waals surface area contributed by atoms with Gasteiger partial charge in [0.1, 0.15) is 6.04 Å². The van der Waals surface area contributed by atoms with Crippen molar-refractivity contribution in [2.75, 3.05) is 0 Å². The van der Waals surface area contributed by atoms with Crippen LogP contribution in [0.1, 0.15) is 55.7 Å². The number of hydrogen-bond donors (Lipinski definition) is 1. The van der Waals surface area contributed by atoms with Gasteiger partial charge in [-0.3, -0.25) is 9.59 Å². The van der Waals surface area contributed by atoms with Crippen LogP contribution >= 0.6 is 23.2 Å². The first-order valence-electron chi connectivity index (χ1n) is 10.9. The van der Waals surface area contributed by atoms with Gasteiger partial charge in [-0.1, -0.05) is 78.4 Å². The highest BCUT2D eigenvalue weighted by molar-refractivity contribution is 6.35. The van der Waals surface area contributed by atoms with E-state index in [9.17, 15) is 9.59 Å². The van der Waals surface area contributed by atoms with Gasteiger partial charge in [-0.05, 0) is 49.9 Å². The third-order valence-electron chi connectivity index (χ3n) is 5.91. The number of amides is 2. The number of rotatable bonds is 7. The summed E-state index contributed by atoms with van der Waals surface area (Å²) in [6.45, 7) is 4.18. The van der Waals surface area contributed by atoms with Gasteiger partial charge in [-0.15, -0.1) is 0 Å². The lowest BCUT2D eigenvalue weighted by molar-refractivity contribution is -0.140. The van der Waals surface area contributed by atoms with E-state index in [-0.39, 0.29) is 24.3 Å². The van der Waals surface area contributed by atoms with E-state index in [1.54, 1.807) is 30.0 Å². The minimum Gasteiger partial charge on any atom is -0.352 e. The zero-order valence-electron chi connectivity index (χ0n) is 18.2. The topological polar surface area (TPSA) is 49.4 Å². The van der Waals surface area contributed by atoms with Crippen LogP contribution in [0.2, 0.25) is 10.0 Å². The van der Waals surface area contributed by atoms with Crippen LogP contribution in [0.5, 0.6) is 0 Å². The molecule has 1 fully saturated rings. The van der Waals surface area contributed by atoms with E-state index >= 15 is 0 Å². The molecule has 0 heterocycles. The number of carbonyl (C=O) groups is 2. The standard InChI is InChI=1S/C25H30Cl2N2O2/c1-17-7-6-8-19(13-17)16-29(18(2)25(31)28-22-9-4-3-5-10-22)24(30)14-20-11-12-21(26)15-23(20)27/h6-8,11-13,15,18,22H,3-5,9-10,14,16H2,1-2H3,(H,28,31)/t18-/m0/s1. The van der Waals surface area contributed by atoms with Gasteiger partial charge in [0, 0.05) is 22.6 Å². The molecule has 0 radical (unpaired) electrons. The van der Waals surface area contributed by atoms with Crippen LogP contribution in [0.3, 0.4) is 0 Å². The third kappa shape index (κ3) is 6.72. The van der Waals surface area contributed by atoms with Crippen molar-refractivity contribution in [3.8, 4) is 0 Å². The Morgan fingerprint density at radius 2 is 1.84 bits per heavy atom. The van der Waals surface area contributed by atoms with Crippen molar-refractivity contribution in [3.63, 3.8) is 0 Å². The molecule has 0 saturated heterocycles. The minimum atomic E-state index is -0.582. The predicted octanol–water partition coefficient (Wildman–Crippen LogP) is 5.71. The normalized spacial score (nSPS) is 15.4. The zero-order valence-corrected chi connectivity index (χ0v) is 19.7. The van der Waals surface area contributed by atoms with Crippen LogP contribution in [-0.2, 0) is 22.6 Å². The van der Waals surface area contributed by atoms with Crippen molar-refractivity contribution in [2.24, 2.45) is 0 Å². The molecule has 1 saturated carbocycles. The van der Waals surface area contributed by atoms with E-state index in [1.807, 2.05) is 31.2 Å². The van der Waals surface area contributed by atoms with Crippen LogP contribution < -0.4 is 5.32 Å². The molecule has 3 rings (SSSR count). The summed E-state index contributed by atoms with van der Waals surface area (Å²) >= 11 is 12.3. The second kappa shape index (κ2) is 11.0. The van der Waals surface area contributed by atoms with Crippen LogP contribution in [0.4, 0.5) is 0 Å². The Balaban J connectivity index is 1.78. The summed E-state index contributed by atoms with van der Waals surface area (Å²) in [7, 11) is 0. The van der Waals surface area contributed by atoms with Crippen LogP contribution in [0.25, 0.3) is 0 Å². The second-order valence-corrected chi connectivity index (χ2v) is 9.29. The third-order valence-corrected chi connectivity index (χ3v) is 6.50. The van der Waals surface area contributed by atoms with Gasteiger partial charge in [-0.2, -0.15) is 0 Å². The van der Waals surface area contributed by atoms with E-state index in [0.29, 0.717) is 22.2 Å². The van der Waals surface area contributed by atoms with Crippen molar-refractivity contribution in [1.29, 1.82) is 0 Å². The Morgan fingerprint density at radius 1 is 1.10 bits per heavy atom. The van der Waals surface area contributed by atoms with Crippen molar-refractivity contribution in [3.05, 3.63) is 69.2 Å². The smallest absolute Gasteiger partial charge is 0.242 e. The molecule has 1 aliphatic carbocycles. The maximum Gasteiger partial charge on any atom is 0.242 e. The van der Waals surface area contributed by atoms with Gasteiger partial charge >= 0.3 is 0 Å². The summed E-state index contributed by atoms with van der Waals surface area (Å²) in [5.41, 5.74) is 2.81. The maximum absolute atomic E-state index is 13.3. The number of carbonyl (C=O) groups excluding carboxylic acids is 2. The van der Waals surface area contributed by atoms with Gasteiger partial charge < -0.3 is 10.2 Å². The second-order valence-electron chi connectivity index (χ2n) is 8.44. The van der Waals surface area contributed by atoms with Gasteiger partial charge in [-0.25, -0.2) is 0 Å². The Kier molecular flexibility index (Phi) is 8.39. The fraction of sp³-hybridized carbons (Fsp3) is 0.440. The van der Waals surface area contributed by atoms with E-state index in [4.69, 9.17) is 23.2 Å². The lowest BCUT2D eigenvalue weighted by atomic mass is 9.95. The molecule has 0 aliphatic heterocycles. The number of aryl methyl sites for hydroxylation is 1. The lowest BCUT2D eigenvalue weighted by Gasteiger charge is -2.31. The molecule has 1 atom stereocenters. The maximum atomic E-state index is 13.3. The molecule has 2 amide bonds. The van der Waals surface area contributed by atoms with Crippen LogP contribution in [-0.4, -0.2) is 28.8 Å². The molecular weight excluding hydrogens is 431 g/mol. The highest BCUT2D eigenvalue weighted by Crippen LogP contribution is 2.23. The van der Waals surface area contributed by atoms with E-state index in [0.717, 1.165) is 36.8 Å². The average molecular weight is 461 g/mol. The summed E-state index contributed by atoms with van der Waals surface area (Å²) in [6, 6.07) is 12.7. The van der Waals surface area contributed by atoms with Gasteiger partial charge in [0.25, 0.3) is 0 Å². The Hall–Kier alpha value is -2.04. The lowest BCUT2D eigenvalue weighted by Crippen LogP contribution is -2.50. The molecule has 1 N–H and O–H groups in total. The SMILES string of the molecule is Cc1cccc(CN(C(=O)Cc2ccc(Cl)cc2Cl)[C@@H](C)C(=O)NC2CCCCC2)c1. The van der Waals surface area contributed by atoms with E-state index in [2.05, 4.69) is 5.32 Å². The van der Waals surface area contributed by atoms with E-state index < -0.39 is 6.04 Å². The molecule has 166 valence electrons. The summed E-state index contributed by atoms with van der Waals surface area (Å²) in [5.74, 6) is -0.243. The zero-order chi connectivity index (χ0) is 22.4. The quantitative estimate of drug-likeness (QED) is 0.574. The molecule has 0 aromatic heterocycles. The van der Waals surface area contributed by atoms with Gasteiger partial charge in [0.15, 0.2) is 0 Å². The van der Waals surface area contributed by atoms with Crippen molar-refractivity contribution >= 4 is 35.0 Å². The van der Waals surface area contributed by atoms with Crippen LogP contribution in [0.15, 0.2) is 42.5 Å². The fourth-order valence-corrected chi connectivity index (χ4v) is 4.56. The molecule has 2 aromatic carbocycles. The first-order valence-corrected chi connectivity index (χ1v) is 11.7. The number of halogens is 2.